The van der Waals surface area contributed by atoms with Crippen LogP contribution < -0.4 is 5.32 Å². The van der Waals surface area contributed by atoms with Crippen LogP contribution in [0.1, 0.15) is 29.7 Å². The van der Waals surface area contributed by atoms with Crippen LogP contribution >= 0.6 is 23.2 Å². The van der Waals surface area contributed by atoms with Crippen molar-refractivity contribution in [2.45, 2.75) is 26.3 Å². The Hall–Kier alpha value is -1.09. The molecule has 112 valence electrons. The average Bonchev–Trinajstić information content (AvgIpc) is 2.43. The second-order valence-electron chi connectivity index (χ2n) is 5.17. The molecule has 21 heavy (non-hydrogen) atoms. The average molecular weight is 326 g/mol. The minimum Gasteiger partial charge on any atom is -0.310 e. The van der Waals surface area contributed by atoms with Gasteiger partial charge < -0.3 is 5.32 Å². The minimum absolute atomic E-state index is 0.0954. The molecule has 0 radical (unpaired) electrons. The fourth-order valence-corrected chi connectivity index (χ4v) is 3.04. The largest absolute Gasteiger partial charge is 0.310 e. The van der Waals surface area contributed by atoms with Crippen LogP contribution in [0, 0.1) is 12.7 Å². The second-order valence-corrected chi connectivity index (χ2v) is 5.96. The molecular formula is C17H18Cl2FN. The summed E-state index contributed by atoms with van der Waals surface area (Å²) in [5.41, 5.74) is 3.13. The molecule has 0 saturated carbocycles. The molecule has 0 amide bonds. The van der Waals surface area contributed by atoms with E-state index in [4.69, 9.17) is 23.2 Å². The van der Waals surface area contributed by atoms with Gasteiger partial charge in [0.25, 0.3) is 0 Å². The van der Waals surface area contributed by atoms with E-state index in [0.717, 1.165) is 13.0 Å². The minimum atomic E-state index is -0.441. The lowest BCUT2D eigenvalue weighted by Gasteiger charge is -2.17. The second kappa shape index (κ2) is 7.26. The summed E-state index contributed by atoms with van der Waals surface area (Å²) in [7, 11) is 0. The molecule has 0 bridgehead atoms. The SMILES string of the molecule is Cc1cccc(CCNC(C)c2c(Cl)ccc(F)c2Cl)c1. The third-order valence-corrected chi connectivity index (χ3v) is 4.17. The van der Waals surface area contributed by atoms with Crippen molar-refractivity contribution in [3.8, 4) is 0 Å². The van der Waals surface area contributed by atoms with Gasteiger partial charge >= 0.3 is 0 Å². The Bertz CT molecular complexity index is 628. The number of halogens is 3. The number of hydrogen-bond donors (Lipinski definition) is 1. The number of hydrogen-bond acceptors (Lipinski definition) is 1. The van der Waals surface area contributed by atoms with Gasteiger partial charge in [0.1, 0.15) is 5.82 Å². The fourth-order valence-electron chi connectivity index (χ4n) is 2.34. The normalized spacial score (nSPS) is 12.4. The van der Waals surface area contributed by atoms with Crippen LogP contribution in [-0.4, -0.2) is 6.54 Å². The molecule has 2 aromatic carbocycles. The van der Waals surface area contributed by atoms with E-state index in [-0.39, 0.29) is 11.1 Å². The van der Waals surface area contributed by atoms with Gasteiger partial charge in [0.15, 0.2) is 0 Å². The Kier molecular flexibility index (Phi) is 5.63. The predicted molar refractivity (Wildman–Crippen MR) is 87.7 cm³/mol. The molecular weight excluding hydrogens is 308 g/mol. The molecule has 2 aromatic rings. The van der Waals surface area contributed by atoms with Crippen LogP contribution in [0.25, 0.3) is 0 Å². The van der Waals surface area contributed by atoms with Gasteiger partial charge in [-0.3, -0.25) is 0 Å². The van der Waals surface area contributed by atoms with Crippen molar-refractivity contribution in [1.29, 1.82) is 0 Å². The third-order valence-electron chi connectivity index (χ3n) is 3.46. The molecule has 0 aromatic heterocycles. The lowest BCUT2D eigenvalue weighted by atomic mass is 10.1. The Morgan fingerprint density at radius 2 is 1.95 bits per heavy atom. The molecule has 0 fully saturated rings. The first-order valence-electron chi connectivity index (χ1n) is 6.91. The summed E-state index contributed by atoms with van der Waals surface area (Å²) in [5.74, 6) is -0.441. The van der Waals surface area contributed by atoms with E-state index in [9.17, 15) is 4.39 Å². The van der Waals surface area contributed by atoms with Crippen molar-refractivity contribution in [3.63, 3.8) is 0 Å². The monoisotopic (exact) mass is 325 g/mol. The Labute approximate surface area is 135 Å². The first-order chi connectivity index (χ1) is 9.99. The van der Waals surface area contributed by atoms with Crippen LogP contribution in [0.2, 0.25) is 10.0 Å². The molecule has 0 aliphatic carbocycles. The molecule has 0 heterocycles. The zero-order valence-corrected chi connectivity index (χ0v) is 13.6. The Balaban J connectivity index is 1.99. The molecule has 4 heteroatoms. The van der Waals surface area contributed by atoms with Gasteiger partial charge in [0, 0.05) is 16.6 Å². The summed E-state index contributed by atoms with van der Waals surface area (Å²) in [6, 6.07) is 11.1. The molecule has 1 atom stereocenters. The van der Waals surface area contributed by atoms with E-state index >= 15 is 0 Å². The highest BCUT2D eigenvalue weighted by atomic mass is 35.5. The van der Waals surface area contributed by atoms with Gasteiger partial charge in [-0.1, -0.05) is 53.0 Å². The van der Waals surface area contributed by atoms with E-state index in [0.29, 0.717) is 10.6 Å². The maximum Gasteiger partial charge on any atom is 0.142 e. The van der Waals surface area contributed by atoms with Crippen LogP contribution in [0.5, 0.6) is 0 Å². The van der Waals surface area contributed by atoms with Crippen LogP contribution in [0.15, 0.2) is 36.4 Å². The van der Waals surface area contributed by atoms with Gasteiger partial charge in [0.2, 0.25) is 0 Å². The smallest absolute Gasteiger partial charge is 0.142 e. The predicted octanol–water partition coefficient (Wildman–Crippen LogP) is 5.33. The Morgan fingerprint density at radius 3 is 2.67 bits per heavy atom. The number of nitrogens with one attached hydrogen (secondary N) is 1. The standard InChI is InChI=1S/C17H18Cl2FN/c1-11-4-3-5-13(10-11)8-9-21-12(2)16-14(18)6-7-15(20)17(16)19/h3-7,10,12,21H,8-9H2,1-2H3. The summed E-state index contributed by atoms with van der Waals surface area (Å²) >= 11 is 12.1. The van der Waals surface area contributed by atoms with E-state index in [1.807, 2.05) is 6.92 Å². The zero-order valence-electron chi connectivity index (χ0n) is 12.1. The van der Waals surface area contributed by atoms with Crippen molar-refractivity contribution in [3.05, 3.63) is 69.0 Å². The van der Waals surface area contributed by atoms with Crippen molar-refractivity contribution in [2.24, 2.45) is 0 Å². The topological polar surface area (TPSA) is 12.0 Å². The quantitative estimate of drug-likeness (QED) is 0.732. The van der Waals surface area contributed by atoms with Gasteiger partial charge in [0.05, 0.1) is 5.02 Å². The molecule has 1 nitrogen and oxygen atoms in total. The van der Waals surface area contributed by atoms with Crippen molar-refractivity contribution >= 4 is 23.2 Å². The highest BCUT2D eigenvalue weighted by Gasteiger charge is 2.16. The summed E-state index contributed by atoms with van der Waals surface area (Å²) in [4.78, 5) is 0. The van der Waals surface area contributed by atoms with Crippen molar-refractivity contribution < 1.29 is 4.39 Å². The van der Waals surface area contributed by atoms with Crippen LogP contribution in [0.4, 0.5) is 4.39 Å². The lowest BCUT2D eigenvalue weighted by Crippen LogP contribution is -2.22. The van der Waals surface area contributed by atoms with Gasteiger partial charge in [-0.25, -0.2) is 4.39 Å². The van der Waals surface area contributed by atoms with Gasteiger partial charge in [-0.2, -0.15) is 0 Å². The van der Waals surface area contributed by atoms with Crippen LogP contribution in [0.3, 0.4) is 0 Å². The molecule has 2 rings (SSSR count). The van der Waals surface area contributed by atoms with E-state index in [1.54, 1.807) is 0 Å². The molecule has 1 unspecified atom stereocenters. The third kappa shape index (κ3) is 4.19. The summed E-state index contributed by atoms with van der Waals surface area (Å²) < 4.78 is 13.5. The van der Waals surface area contributed by atoms with E-state index in [2.05, 4.69) is 36.5 Å². The van der Waals surface area contributed by atoms with Crippen LogP contribution in [-0.2, 0) is 6.42 Å². The Morgan fingerprint density at radius 1 is 1.19 bits per heavy atom. The highest BCUT2D eigenvalue weighted by Crippen LogP contribution is 2.32. The summed E-state index contributed by atoms with van der Waals surface area (Å²) in [6.07, 6.45) is 0.899. The molecule has 0 saturated heterocycles. The highest BCUT2D eigenvalue weighted by molar-refractivity contribution is 6.36. The first kappa shape index (κ1) is 16.3. The maximum absolute atomic E-state index is 13.5. The fraction of sp³-hybridized carbons (Fsp3) is 0.294. The van der Waals surface area contributed by atoms with Crippen molar-refractivity contribution in [1.82, 2.24) is 5.32 Å². The summed E-state index contributed by atoms with van der Waals surface area (Å²) in [5, 5.41) is 3.92. The molecule has 0 aliphatic heterocycles. The maximum atomic E-state index is 13.5. The van der Waals surface area contributed by atoms with Crippen molar-refractivity contribution in [2.75, 3.05) is 6.54 Å². The zero-order chi connectivity index (χ0) is 15.4. The van der Waals surface area contributed by atoms with E-state index in [1.165, 1.54) is 23.3 Å². The molecule has 0 spiro atoms. The molecule has 0 aliphatic rings. The number of benzene rings is 2. The number of rotatable bonds is 5. The first-order valence-corrected chi connectivity index (χ1v) is 7.67. The van der Waals surface area contributed by atoms with E-state index < -0.39 is 5.82 Å². The number of aryl methyl sites for hydroxylation is 1. The summed E-state index contributed by atoms with van der Waals surface area (Å²) in [6.45, 7) is 4.78. The molecule has 1 N–H and O–H groups in total. The van der Waals surface area contributed by atoms with Gasteiger partial charge in [-0.05, 0) is 44.5 Å². The van der Waals surface area contributed by atoms with Gasteiger partial charge in [-0.15, -0.1) is 0 Å². The lowest BCUT2D eigenvalue weighted by molar-refractivity contribution is 0.567.